The Morgan fingerprint density at radius 1 is 1.43 bits per heavy atom. The fourth-order valence-corrected chi connectivity index (χ4v) is 2.99. The molecule has 3 aromatic heterocycles. The number of nitrogens with two attached hydrogens (primary N) is 1. The van der Waals surface area contributed by atoms with Crippen LogP contribution in [0.4, 0.5) is 17.2 Å². The quantitative estimate of drug-likeness (QED) is 0.681. The van der Waals surface area contributed by atoms with Crippen molar-refractivity contribution in [2.24, 2.45) is 0 Å². The number of rotatable bonds is 4. The van der Waals surface area contributed by atoms with Gasteiger partial charge in [-0.25, -0.2) is 14.8 Å². The number of carbonyl (C=O) groups excluding carboxylic acids is 1. The fourth-order valence-electron chi connectivity index (χ4n) is 2.99. The predicted octanol–water partition coefficient (Wildman–Crippen LogP) is 1.80. The molecule has 0 radical (unpaired) electrons. The molecule has 2 N–H and O–H groups in total. The Hall–Kier alpha value is -3.93. The second kappa shape index (κ2) is 7.36. The average molecular weight is 378 g/mol. The number of esters is 1. The van der Waals surface area contributed by atoms with Gasteiger partial charge in [-0.1, -0.05) is 6.07 Å². The molecule has 0 spiro atoms. The lowest BCUT2D eigenvalue weighted by molar-refractivity contribution is 0.0529. The molecule has 3 aromatic rings. The molecule has 0 bridgehead atoms. The first-order chi connectivity index (χ1) is 13.4. The number of aromatic nitrogens is 3. The van der Waals surface area contributed by atoms with Crippen LogP contribution in [-0.4, -0.2) is 34.0 Å². The van der Waals surface area contributed by atoms with Gasteiger partial charge in [0.25, 0.3) is 5.56 Å². The summed E-state index contributed by atoms with van der Waals surface area (Å²) in [5, 5.41) is 9.70. The second-order valence-electron chi connectivity index (χ2n) is 5.94. The number of aryl methyl sites for hydroxylation is 1. The molecule has 3 heterocycles. The smallest absolute Gasteiger partial charge is 0.342 e. The SMILES string of the molecule is CCOC(=O)c1c(N(C)c2cnc(C)nc2N)c(C#N)c(=O)n2ccccc12. The Balaban J connectivity index is 2.43. The van der Waals surface area contributed by atoms with Crippen molar-refractivity contribution in [1.29, 1.82) is 5.26 Å². The summed E-state index contributed by atoms with van der Waals surface area (Å²) in [7, 11) is 1.59. The predicted molar refractivity (Wildman–Crippen MR) is 104 cm³/mol. The minimum absolute atomic E-state index is 0.0843. The molecule has 0 saturated carbocycles. The van der Waals surface area contributed by atoms with E-state index in [4.69, 9.17) is 10.5 Å². The van der Waals surface area contributed by atoms with E-state index in [9.17, 15) is 14.9 Å². The monoisotopic (exact) mass is 378 g/mol. The van der Waals surface area contributed by atoms with Crippen molar-refractivity contribution in [3.63, 3.8) is 0 Å². The molecule has 0 aliphatic heterocycles. The third-order valence-electron chi connectivity index (χ3n) is 4.23. The van der Waals surface area contributed by atoms with Crippen LogP contribution in [0.5, 0.6) is 0 Å². The average Bonchev–Trinajstić information content (AvgIpc) is 2.67. The van der Waals surface area contributed by atoms with E-state index in [2.05, 4.69) is 9.97 Å². The van der Waals surface area contributed by atoms with Gasteiger partial charge in [-0.2, -0.15) is 5.26 Å². The molecule has 0 fully saturated rings. The maximum Gasteiger partial charge on any atom is 0.342 e. The van der Waals surface area contributed by atoms with Gasteiger partial charge in [0.1, 0.15) is 28.7 Å². The van der Waals surface area contributed by atoms with E-state index in [1.165, 1.54) is 21.7 Å². The molecule has 0 atom stereocenters. The summed E-state index contributed by atoms with van der Waals surface area (Å²) in [5.41, 5.74) is 6.09. The second-order valence-corrected chi connectivity index (χ2v) is 5.94. The first-order valence-electron chi connectivity index (χ1n) is 8.48. The van der Waals surface area contributed by atoms with E-state index in [-0.39, 0.29) is 29.2 Å². The molecule has 142 valence electrons. The van der Waals surface area contributed by atoms with Crippen molar-refractivity contribution in [2.75, 3.05) is 24.3 Å². The van der Waals surface area contributed by atoms with E-state index in [0.717, 1.165) is 0 Å². The summed E-state index contributed by atoms with van der Waals surface area (Å²) in [6.07, 6.45) is 2.97. The highest BCUT2D eigenvalue weighted by Crippen LogP contribution is 2.33. The van der Waals surface area contributed by atoms with E-state index in [0.29, 0.717) is 17.0 Å². The summed E-state index contributed by atoms with van der Waals surface area (Å²) in [6, 6.07) is 6.85. The zero-order valence-electron chi connectivity index (χ0n) is 15.6. The number of carbonyl (C=O) groups is 1. The van der Waals surface area contributed by atoms with Crippen LogP contribution in [0.2, 0.25) is 0 Å². The van der Waals surface area contributed by atoms with Gasteiger partial charge in [-0.05, 0) is 26.0 Å². The first-order valence-corrected chi connectivity index (χ1v) is 8.48. The number of ether oxygens (including phenoxy) is 1. The summed E-state index contributed by atoms with van der Waals surface area (Å²) in [5.74, 6) is -0.0301. The van der Waals surface area contributed by atoms with E-state index in [1.807, 2.05) is 6.07 Å². The van der Waals surface area contributed by atoms with Crippen LogP contribution in [0.3, 0.4) is 0 Å². The Kier molecular flexibility index (Phi) is 4.96. The first kappa shape index (κ1) is 18.8. The largest absolute Gasteiger partial charge is 0.462 e. The number of anilines is 3. The Morgan fingerprint density at radius 3 is 2.82 bits per heavy atom. The maximum absolute atomic E-state index is 12.9. The lowest BCUT2D eigenvalue weighted by Gasteiger charge is -2.24. The third kappa shape index (κ3) is 3.01. The number of nitrogen functional groups attached to an aromatic ring is 1. The number of hydrogen-bond donors (Lipinski definition) is 1. The van der Waals surface area contributed by atoms with Gasteiger partial charge in [-0.15, -0.1) is 0 Å². The highest BCUT2D eigenvalue weighted by molar-refractivity contribution is 6.05. The van der Waals surface area contributed by atoms with Crippen molar-refractivity contribution >= 4 is 28.7 Å². The van der Waals surface area contributed by atoms with Crippen LogP contribution in [0.25, 0.3) is 5.52 Å². The number of nitriles is 1. The van der Waals surface area contributed by atoms with Gasteiger partial charge in [0.05, 0.1) is 24.0 Å². The molecule has 9 nitrogen and oxygen atoms in total. The Labute approximate surface area is 160 Å². The molecule has 0 saturated heterocycles. The van der Waals surface area contributed by atoms with E-state index >= 15 is 0 Å². The van der Waals surface area contributed by atoms with Gasteiger partial charge in [-0.3, -0.25) is 9.20 Å². The third-order valence-corrected chi connectivity index (χ3v) is 4.23. The molecule has 0 aliphatic rings. The van der Waals surface area contributed by atoms with Crippen LogP contribution in [0, 0.1) is 18.3 Å². The summed E-state index contributed by atoms with van der Waals surface area (Å²) >= 11 is 0. The van der Waals surface area contributed by atoms with Crippen molar-refractivity contribution in [3.05, 3.63) is 57.9 Å². The molecular formula is C19H18N6O3. The lowest BCUT2D eigenvalue weighted by Crippen LogP contribution is -2.27. The molecule has 0 aromatic carbocycles. The Morgan fingerprint density at radius 2 is 2.18 bits per heavy atom. The summed E-state index contributed by atoms with van der Waals surface area (Å²) in [4.78, 5) is 35.4. The topological polar surface area (TPSA) is 127 Å². The van der Waals surface area contributed by atoms with Gasteiger partial charge < -0.3 is 15.4 Å². The van der Waals surface area contributed by atoms with E-state index < -0.39 is 11.5 Å². The lowest BCUT2D eigenvalue weighted by atomic mass is 10.1. The van der Waals surface area contributed by atoms with Crippen LogP contribution in [-0.2, 0) is 4.74 Å². The number of nitrogens with zero attached hydrogens (tertiary/aromatic N) is 5. The van der Waals surface area contributed by atoms with Crippen LogP contribution >= 0.6 is 0 Å². The van der Waals surface area contributed by atoms with Crippen molar-refractivity contribution < 1.29 is 9.53 Å². The van der Waals surface area contributed by atoms with Crippen molar-refractivity contribution in [2.45, 2.75) is 13.8 Å². The molecule has 28 heavy (non-hydrogen) atoms. The summed E-state index contributed by atoms with van der Waals surface area (Å²) < 4.78 is 6.45. The highest BCUT2D eigenvalue weighted by atomic mass is 16.5. The number of pyridine rings is 2. The van der Waals surface area contributed by atoms with E-state index in [1.54, 1.807) is 39.1 Å². The molecule has 0 aliphatic carbocycles. The Bertz CT molecular complexity index is 1180. The molecule has 0 unspecified atom stereocenters. The van der Waals surface area contributed by atoms with Gasteiger partial charge in [0.2, 0.25) is 0 Å². The number of fused-ring (bicyclic) bond motifs is 1. The highest BCUT2D eigenvalue weighted by Gasteiger charge is 2.27. The van der Waals surface area contributed by atoms with Gasteiger partial charge >= 0.3 is 5.97 Å². The van der Waals surface area contributed by atoms with Gasteiger partial charge in [0, 0.05) is 13.2 Å². The maximum atomic E-state index is 12.9. The minimum atomic E-state index is -0.656. The minimum Gasteiger partial charge on any atom is -0.462 e. The zero-order chi connectivity index (χ0) is 20.4. The standard InChI is InChI=1S/C19H18N6O3/c1-4-28-19(27)15-13-7-5-6-8-25(13)18(26)12(9-20)16(15)24(3)14-10-22-11(2)23-17(14)21/h5-8,10H,4H2,1-3H3,(H2,21,22,23). The molecular weight excluding hydrogens is 360 g/mol. The molecule has 3 rings (SSSR count). The van der Waals surface area contributed by atoms with Crippen molar-refractivity contribution in [3.8, 4) is 6.07 Å². The zero-order valence-corrected chi connectivity index (χ0v) is 15.6. The van der Waals surface area contributed by atoms with Crippen molar-refractivity contribution in [1.82, 2.24) is 14.4 Å². The summed E-state index contributed by atoms with van der Waals surface area (Å²) in [6.45, 7) is 3.50. The molecule has 0 amide bonds. The van der Waals surface area contributed by atoms with Crippen LogP contribution in [0.15, 0.2) is 35.4 Å². The number of hydrogen-bond acceptors (Lipinski definition) is 8. The van der Waals surface area contributed by atoms with Crippen LogP contribution < -0.4 is 16.2 Å². The molecule has 9 heteroatoms. The normalized spacial score (nSPS) is 10.5. The van der Waals surface area contributed by atoms with Crippen LogP contribution in [0.1, 0.15) is 28.7 Å². The van der Waals surface area contributed by atoms with Gasteiger partial charge in [0.15, 0.2) is 5.82 Å². The fraction of sp³-hybridized carbons (Fsp3) is 0.211.